The van der Waals surface area contributed by atoms with Gasteiger partial charge in [-0.2, -0.15) is 18.2 Å². The highest BCUT2D eigenvalue weighted by Gasteiger charge is 2.72. The number of rotatable bonds is 6. The van der Waals surface area contributed by atoms with Crippen LogP contribution in [0.3, 0.4) is 0 Å². The smallest absolute Gasteiger partial charge is 0.393 e. The topological polar surface area (TPSA) is 88.5 Å². The molecule has 1 saturated heterocycles. The number of thioether (sulfide) groups is 1. The molecular weight excluding hydrogens is 541 g/mol. The van der Waals surface area contributed by atoms with Gasteiger partial charge >= 0.3 is 6.18 Å². The Hall–Kier alpha value is -1.82. The normalized spacial score (nSPS) is 36.9. The van der Waals surface area contributed by atoms with Crippen molar-refractivity contribution in [2.75, 3.05) is 17.2 Å². The van der Waals surface area contributed by atoms with Crippen molar-refractivity contribution in [2.24, 2.45) is 17.3 Å². The molecule has 6 rings (SSSR count). The monoisotopic (exact) mass is 580 g/mol. The maximum absolute atomic E-state index is 13.0. The highest BCUT2D eigenvalue weighted by atomic mass is 32.2. The molecule has 1 aromatic heterocycles. The van der Waals surface area contributed by atoms with Crippen molar-refractivity contribution < 1.29 is 27.8 Å². The average molecular weight is 581 g/mol. The van der Waals surface area contributed by atoms with Crippen molar-refractivity contribution in [3.63, 3.8) is 0 Å². The molecule has 3 aliphatic carbocycles. The van der Waals surface area contributed by atoms with Crippen LogP contribution in [-0.2, 0) is 9.47 Å². The summed E-state index contributed by atoms with van der Waals surface area (Å²) in [7, 11) is 0. The number of fused-ring (bicyclic) bond motifs is 2. The largest absolute Gasteiger partial charge is 0.405 e. The predicted molar refractivity (Wildman–Crippen MR) is 149 cm³/mol. The first kappa shape index (κ1) is 28.3. The first-order valence-electron chi connectivity index (χ1n) is 14.3. The van der Waals surface area contributed by atoms with Crippen LogP contribution in [0.15, 0.2) is 22.6 Å². The minimum absolute atomic E-state index is 0.000975. The minimum atomic E-state index is -4.38. The first-order chi connectivity index (χ1) is 18.8. The van der Waals surface area contributed by atoms with E-state index in [-0.39, 0.29) is 40.8 Å². The quantitative estimate of drug-likeness (QED) is 0.363. The molecule has 1 aromatic rings. The van der Waals surface area contributed by atoms with Gasteiger partial charge < -0.3 is 25.2 Å². The summed E-state index contributed by atoms with van der Waals surface area (Å²) in [5, 5.41) is 16.7. The number of aryl methyl sites for hydroxylation is 1. The second kappa shape index (κ2) is 9.88. The molecule has 0 amide bonds. The lowest BCUT2D eigenvalue weighted by Crippen LogP contribution is -2.32. The van der Waals surface area contributed by atoms with E-state index in [9.17, 15) is 18.3 Å². The van der Waals surface area contributed by atoms with E-state index in [2.05, 4.69) is 39.7 Å². The molecule has 0 radical (unpaired) electrons. The molecular formula is C29H39F3N4O3S. The molecule has 0 bridgehead atoms. The highest BCUT2D eigenvalue weighted by Crippen LogP contribution is 2.66. The number of nitrogens with one attached hydrogen (secondary N) is 2. The number of aliphatic hydroxyl groups is 1. The summed E-state index contributed by atoms with van der Waals surface area (Å²) in [6, 6.07) is 0.000975. The Labute approximate surface area is 237 Å². The van der Waals surface area contributed by atoms with Crippen LogP contribution in [-0.4, -0.2) is 57.9 Å². The van der Waals surface area contributed by atoms with Crippen molar-refractivity contribution in [3.05, 3.63) is 33.9 Å². The van der Waals surface area contributed by atoms with Gasteiger partial charge in [-0.05, 0) is 76.2 Å². The van der Waals surface area contributed by atoms with Gasteiger partial charge in [0.2, 0.25) is 5.95 Å². The van der Waals surface area contributed by atoms with Gasteiger partial charge in [-0.1, -0.05) is 19.1 Å². The first-order valence-corrected chi connectivity index (χ1v) is 15.2. The Bertz CT molecular complexity index is 1240. The average Bonchev–Trinajstić information content (AvgIpc) is 3.32. The Balaban J connectivity index is 1.32. The van der Waals surface area contributed by atoms with Crippen LogP contribution in [0.1, 0.15) is 76.3 Å². The molecule has 40 heavy (non-hydrogen) atoms. The number of nitrogens with zero attached hydrogens (tertiary/aromatic N) is 2. The molecule has 3 fully saturated rings. The summed E-state index contributed by atoms with van der Waals surface area (Å²) in [4.78, 5) is 10.5. The fourth-order valence-corrected chi connectivity index (χ4v) is 8.82. The predicted octanol–water partition coefficient (Wildman–Crippen LogP) is 6.27. The summed E-state index contributed by atoms with van der Waals surface area (Å²) < 4.78 is 51.7. The maximum Gasteiger partial charge on any atom is 0.405 e. The van der Waals surface area contributed by atoms with E-state index in [0.717, 1.165) is 37.7 Å². The third kappa shape index (κ3) is 5.16. The Morgan fingerprint density at radius 1 is 1.23 bits per heavy atom. The molecule has 3 N–H and O–H groups in total. The number of allylic oxidation sites excluding steroid dienone is 4. The van der Waals surface area contributed by atoms with Crippen molar-refractivity contribution >= 4 is 23.5 Å². The van der Waals surface area contributed by atoms with E-state index >= 15 is 0 Å². The van der Waals surface area contributed by atoms with E-state index < -0.39 is 24.6 Å². The lowest BCUT2D eigenvalue weighted by atomic mass is 9.90. The highest BCUT2D eigenvalue weighted by molar-refractivity contribution is 8.03. The van der Waals surface area contributed by atoms with Crippen LogP contribution in [0.5, 0.6) is 0 Å². The lowest BCUT2D eigenvalue weighted by Gasteiger charge is -2.34. The van der Waals surface area contributed by atoms with E-state index in [1.165, 1.54) is 10.5 Å². The van der Waals surface area contributed by atoms with Crippen molar-refractivity contribution in [3.8, 4) is 0 Å². The summed E-state index contributed by atoms with van der Waals surface area (Å²) >= 11 is 1.85. The summed E-state index contributed by atoms with van der Waals surface area (Å²) in [6.07, 6.45) is 3.73. The molecule has 8 atom stereocenters. The molecule has 1 spiro atoms. The lowest BCUT2D eigenvalue weighted by molar-refractivity contribution is -0.167. The molecule has 5 unspecified atom stereocenters. The van der Waals surface area contributed by atoms with Gasteiger partial charge in [0.15, 0.2) is 5.79 Å². The Morgan fingerprint density at radius 3 is 2.73 bits per heavy atom. The van der Waals surface area contributed by atoms with Crippen LogP contribution in [0, 0.1) is 24.2 Å². The molecule has 11 heteroatoms. The SMILES string of the molecule is Cc1nc(NCC(F)(F)F)nc(NC2CC23C[C@@H](C(C)O)[C@H]2OC(C)(C)O[C@H]23)c1C1SC2=C(C=CCC2)CC1C. The molecule has 5 aliphatic rings. The molecule has 220 valence electrons. The van der Waals surface area contributed by atoms with Gasteiger partial charge in [-0.3, -0.25) is 0 Å². The summed E-state index contributed by atoms with van der Waals surface area (Å²) in [5.74, 6) is 0.0845. The fourth-order valence-electron chi connectivity index (χ4n) is 7.25. The molecule has 7 nitrogen and oxygen atoms in total. The zero-order valence-corrected chi connectivity index (χ0v) is 24.5. The summed E-state index contributed by atoms with van der Waals surface area (Å²) in [5.41, 5.74) is 2.80. The number of aliphatic hydroxyl groups excluding tert-OH is 1. The standard InChI is InChI=1S/C29H39F3N4O3S/c1-14-10-17-8-6-7-9-19(17)40-23(14)21-15(2)34-26(33-13-29(30,31)32)36-25(21)35-20-12-28(20)11-18(16(3)37)22-24(28)39-27(4,5)38-22/h6,8,14,16,18,20,22-24,37H,7,9-13H2,1-5H3,(H2,33,34,35,36)/t14?,16?,18-,20?,22+,23?,24+,28?/m0/s1. The van der Waals surface area contributed by atoms with Crippen molar-refractivity contribution in [2.45, 2.75) is 108 Å². The van der Waals surface area contributed by atoms with E-state index in [1.807, 2.05) is 32.5 Å². The number of halogens is 3. The van der Waals surface area contributed by atoms with Crippen molar-refractivity contribution in [1.82, 2.24) is 9.97 Å². The number of aromatic nitrogens is 2. The fraction of sp³-hybridized carbons (Fsp3) is 0.724. The number of ether oxygens (including phenoxy) is 2. The molecule has 2 saturated carbocycles. The van der Waals surface area contributed by atoms with Gasteiger partial charge in [0.05, 0.1) is 18.3 Å². The van der Waals surface area contributed by atoms with Crippen LogP contribution in [0.25, 0.3) is 0 Å². The molecule has 0 aromatic carbocycles. The number of anilines is 2. The number of hydrogen-bond acceptors (Lipinski definition) is 8. The number of alkyl halides is 3. The zero-order chi connectivity index (χ0) is 28.6. The van der Waals surface area contributed by atoms with Gasteiger partial charge in [0, 0.05) is 33.9 Å². The van der Waals surface area contributed by atoms with Gasteiger partial charge in [-0.15, -0.1) is 11.8 Å². The van der Waals surface area contributed by atoms with E-state index in [1.54, 1.807) is 6.92 Å². The number of hydrogen-bond donors (Lipinski definition) is 3. The third-order valence-corrected chi connectivity index (χ3v) is 10.9. The van der Waals surface area contributed by atoms with Crippen LogP contribution in [0.2, 0.25) is 0 Å². The Morgan fingerprint density at radius 2 is 2.00 bits per heavy atom. The maximum atomic E-state index is 13.0. The van der Waals surface area contributed by atoms with Gasteiger partial charge in [-0.25, -0.2) is 4.98 Å². The van der Waals surface area contributed by atoms with E-state index in [4.69, 9.17) is 9.47 Å². The van der Waals surface area contributed by atoms with Gasteiger partial charge in [0.1, 0.15) is 12.4 Å². The second-order valence-corrected chi connectivity index (χ2v) is 14.0. The summed E-state index contributed by atoms with van der Waals surface area (Å²) in [6.45, 7) is 8.50. The van der Waals surface area contributed by atoms with Crippen LogP contribution >= 0.6 is 11.8 Å². The van der Waals surface area contributed by atoms with Crippen molar-refractivity contribution in [1.29, 1.82) is 0 Å². The van der Waals surface area contributed by atoms with Gasteiger partial charge in [0.25, 0.3) is 0 Å². The Kier molecular flexibility index (Phi) is 6.99. The zero-order valence-electron chi connectivity index (χ0n) is 23.6. The third-order valence-electron chi connectivity index (χ3n) is 9.19. The van der Waals surface area contributed by atoms with E-state index in [0.29, 0.717) is 17.4 Å². The minimum Gasteiger partial charge on any atom is -0.393 e. The second-order valence-electron chi connectivity index (χ2n) is 12.7. The molecule has 3 heterocycles. The molecule has 2 aliphatic heterocycles. The van der Waals surface area contributed by atoms with Crippen LogP contribution < -0.4 is 10.6 Å². The van der Waals surface area contributed by atoms with Crippen LogP contribution in [0.4, 0.5) is 24.9 Å².